The third kappa shape index (κ3) is 2.37. The first kappa shape index (κ1) is 13.3. The van der Waals surface area contributed by atoms with Gasteiger partial charge < -0.3 is 5.32 Å². The van der Waals surface area contributed by atoms with Crippen molar-refractivity contribution in [2.45, 2.75) is 26.9 Å². The van der Waals surface area contributed by atoms with Crippen LogP contribution in [0, 0.1) is 13.8 Å². The molecule has 104 valence electrons. The number of nitrogens with one attached hydrogen (secondary N) is 1. The van der Waals surface area contributed by atoms with E-state index < -0.39 is 0 Å². The summed E-state index contributed by atoms with van der Waals surface area (Å²) in [6.45, 7) is 5.97. The number of rotatable bonds is 4. The van der Waals surface area contributed by atoms with Crippen LogP contribution in [-0.4, -0.2) is 9.78 Å². The number of thiophene rings is 1. The molecular formula is C16H19N3S. The Labute approximate surface area is 123 Å². The van der Waals surface area contributed by atoms with Gasteiger partial charge in [0.25, 0.3) is 0 Å². The highest BCUT2D eigenvalue weighted by molar-refractivity contribution is 7.17. The van der Waals surface area contributed by atoms with Gasteiger partial charge in [-0.1, -0.05) is 18.2 Å². The van der Waals surface area contributed by atoms with Gasteiger partial charge in [0.1, 0.15) is 0 Å². The van der Waals surface area contributed by atoms with Gasteiger partial charge in [0.15, 0.2) is 0 Å². The first-order valence-corrected chi connectivity index (χ1v) is 7.69. The van der Waals surface area contributed by atoms with E-state index in [9.17, 15) is 0 Å². The molecule has 2 aromatic heterocycles. The molecule has 4 heteroatoms. The highest BCUT2D eigenvalue weighted by atomic mass is 32.1. The summed E-state index contributed by atoms with van der Waals surface area (Å²) in [7, 11) is 2.00. The van der Waals surface area contributed by atoms with Crippen LogP contribution in [-0.2, 0) is 20.1 Å². The number of fused-ring (bicyclic) bond motifs is 1. The van der Waals surface area contributed by atoms with Gasteiger partial charge in [-0.3, -0.25) is 4.68 Å². The SMILES string of the molecule is Cc1nn(C)c(C)c1CNCc1csc2ccccc12. The maximum Gasteiger partial charge on any atom is 0.0641 e. The fourth-order valence-corrected chi connectivity index (χ4v) is 3.53. The first-order valence-electron chi connectivity index (χ1n) is 6.81. The normalized spacial score (nSPS) is 11.3. The average molecular weight is 285 g/mol. The van der Waals surface area contributed by atoms with Crippen molar-refractivity contribution in [3.63, 3.8) is 0 Å². The summed E-state index contributed by atoms with van der Waals surface area (Å²) < 4.78 is 3.31. The molecule has 1 aromatic carbocycles. The van der Waals surface area contributed by atoms with Crippen molar-refractivity contribution < 1.29 is 0 Å². The van der Waals surface area contributed by atoms with Gasteiger partial charge in [0, 0.05) is 36.1 Å². The lowest BCUT2D eigenvalue weighted by atomic mass is 10.1. The van der Waals surface area contributed by atoms with Crippen LogP contribution in [0.5, 0.6) is 0 Å². The smallest absolute Gasteiger partial charge is 0.0641 e. The number of nitrogens with zero attached hydrogens (tertiary/aromatic N) is 2. The number of benzene rings is 1. The Kier molecular flexibility index (Phi) is 3.59. The highest BCUT2D eigenvalue weighted by Crippen LogP contribution is 2.25. The molecule has 3 nitrogen and oxygen atoms in total. The molecule has 0 bridgehead atoms. The summed E-state index contributed by atoms with van der Waals surface area (Å²) in [5, 5.41) is 11.6. The van der Waals surface area contributed by atoms with Crippen molar-refractivity contribution >= 4 is 21.4 Å². The molecule has 0 unspecified atom stereocenters. The second kappa shape index (κ2) is 5.38. The minimum atomic E-state index is 0.871. The van der Waals surface area contributed by atoms with Crippen molar-refractivity contribution in [1.29, 1.82) is 0 Å². The van der Waals surface area contributed by atoms with E-state index in [-0.39, 0.29) is 0 Å². The molecule has 2 heterocycles. The van der Waals surface area contributed by atoms with E-state index in [2.05, 4.69) is 53.9 Å². The maximum absolute atomic E-state index is 4.45. The third-order valence-corrected chi connectivity index (χ3v) is 4.85. The van der Waals surface area contributed by atoms with E-state index in [0.29, 0.717) is 0 Å². The number of hydrogen-bond acceptors (Lipinski definition) is 3. The van der Waals surface area contributed by atoms with E-state index in [4.69, 9.17) is 0 Å². The Balaban J connectivity index is 1.71. The van der Waals surface area contributed by atoms with Crippen LogP contribution in [0.4, 0.5) is 0 Å². The molecule has 0 fully saturated rings. The molecule has 0 aliphatic rings. The van der Waals surface area contributed by atoms with Crippen LogP contribution in [0.2, 0.25) is 0 Å². The summed E-state index contributed by atoms with van der Waals surface area (Å²) in [6, 6.07) is 8.58. The highest BCUT2D eigenvalue weighted by Gasteiger charge is 2.09. The molecule has 0 aliphatic carbocycles. The zero-order chi connectivity index (χ0) is 14.1. The van der Waals surface area contributed by atoms with E-state index in [1.165, 1.54) is 26.9 Å². The fourth-order valence-electron chi connectivity index (χ4n) is 2.57. The minimum absolute atomic E-state index is 0.871. The number of hydrogen-bond donors (Lipinski definition) is 1. The van der Waals surface area contributed by atoms with Gasteiger partial charge in [0.05, 0.1) is 5.69 Å². The molecule has 0 radical (unpaired) electrons. The van der Waals surface area contributed by atoms with Gasteiger partial charge in [0.2, 0.25) is 0 Å². The Morgan fingerprint density at radius 2 is 2.00 bits per heavy atom. The monoisotopic (exact) mass is 285 g/mol. The average Bonchev–Trinajstić information content (AvgIpc) is 2.95. The standard InChI is InChI=1S/C16H19N3S/c1-11-15(12(2)19(3)18-11)9-17-8-13-10-20-16-7-5-4-6-14(13)16/h4-7,10,17H,8-9H2,1-3H3. The maximum atomic E-state index is 4.45. The van der Waals surface area contributed by atoms with Crippen LogP contribution in [0.3, 0.4) is 0 Å². The third-order valence-electron chi connectivity index (χ3n) is 3.84. The fraction of sp³-hybridized carbons (Fsp3) is 0.312. The predicted molar refractivity (Wildman–Crippen MR) is 85.1 cm³/mol. The molecule has 0 amide bonds. The van der Waals surface area contributed by atoms with Crippen LogP contribution in [0.15, 0.2) is 29.6 Å². The molecule has 0 aliphatic heterocycles. The molecule has 0 saturated heterocycles. The first-order chi connectivity index (χ1) is 9.66. The second-order valence-corrected chi connectivity index (χ2v) is 6.04. The summed E-state index contributed by atoms with van der Waals surface area (Å²) in [6.07, 6.45) is 0. The van der Waals surface area contributed by atoms with E-state index in [1.54, 1.807) is 0 Å². The van der Waals surface area contributed by atoms with Gasteiger partial charge in [-0.2, -0.15) is 5.10 Å². The van der Waals surface area contributed by atoms with E-state index in [1.807, 2.05) is 23.1 Å². The molecule has 0 spiro atoms. The zero-order valence-corrected chi connectivity index (χ0v) is 12.9. The van der Waals surface area contributed by atoms with Crippen molar-refractivity contribution in [3.05, 3.63) is 52.2 Å². The summed E-state index contributed by atoms with van der Waals surface area (Å²) in [4.78, 5) is 0. The lowest BCUT2D eigenvalue weighted by Crippen LogP contribution is -2.13. The van der Waals surface area contributed by atoms with Gasteiger partial charge in [-0.25, -0.2) is 0 Å². The van der Waals surface area contributed by atoms with Gasteiger partial charge in [-0.15, -0.1) is 11.3 Å². The summed E-state index contributed by atoms with van der Waals surface area (Å²) in [5.41, 5.74) is 5.05. The minimum Gasteiger partial charge on any atom is -0.308 e. The van der Waals surface area contributed by atoms with Crippen LogP contribution < -0.4 is 5.32 Å². The van der Waals surface area contributed by atoms with Crippen LogP contribution in [0.1, 0.15) is 22.5 Å². The van der Waals surface area contributed by atoms with Crippen molar-refractivity contribution in [2.24, 2.45) is 7.05 Å². The summed E-state index contributed by atoms with van der Waals surface area (Å²) >= 11 is 1.81. The lowest BCUT2D eigenvalue weighted by molar-refractivity contribution is 0.688. The van der Waals surface area contributed by atoms with Crippen molar-refractivity contribution in [2.75, 3.05) is 0 Å². The molecule has 3 rings (SSSR count). The van der Waals surface area contributed by atoms with Gasteiger partial charge in [-0.05, 0) is 36.2 Å². The van der Waals surface area contributed by atoms with Crippen molar-refractivity contribution in [1.82, 2.24) is 15.1 Å². The molecule has 0 atom stereocenters. The summed E-state index contributed by atoms with van der Waals surface area (Å²) in [5.74, 6) is 0. The molecular weight excluding hydrogens is 266 g/mol. The molecule has 0 saturated carbocycles. The topological polar surface area (TPSA) is 29.9 Å². The van der Waals surface area contributed by atoms with E-state index in [0.717, 1.165) is 18.8 Å². The number of aromatic nitrogens is 2. The Hall–Kier alpha value is -1.65. The predicted octanol–water partition coefficient (Wildman–Crippen LogP) is 3.54. The molecule has 20 heavy (non-hydrogen) atoms. The molecule has 1 N–H and O–H groups in total. The van der Waals surface area contributed by atoms with Gasteiger partial charge >= 0.3 is 0 Å². The lowest BCUT2D eigenvalue weighted by Gasteiger charge is -2.05. The number of aryl methyl sites for hydroxylation is 2. The van der Waals surface area contributed by atoms with Crippen LogP contribution in [0.25, 0.3) is 10.1 Å². The van der Waals surface area contributed by atoms with E-state index >= 15 is 0 Å². The molecule has 3 aromatic rings. The van der Waals surface area contributed by atoms with Crippen molar-refractivity contribution in [3.8, 4) is 0 Å². The Bertz CT molecular complexity index is 739. The van der Waals surface area contributed by atoms with Crippen LogP contribution >= 0.6 is 11.3 Å². The quantitative estimate of drug-likeness (QED) is 0.794. The largest absolute Gasteiger partial charge is 0.308 e. The Morgan fingerprint density at radius 3 is 2.75 bits per heavy atom. The Morgan fingerprint density at radius 1 is 1.20 bits per heavy atom. The second-order valence-electron chi connectivity index (χ2n) is 5.13. The zero-order valence-electron chi connectivity index (χ0n) is 12.1.